The van der Waals surface area contributed by atoms with Gasteiger partial charge in [-0.3, -0.25) is 9.59 Å². The molecule has 0 saturated carbocycles. The van der Waals surface area contributed by atoms with Crippen molar-refractivity contribution < 1.29 is 4.79 Å². The number of carbonyl (C=O) groups is 1. The van der Waals surface area contributed by atoms with Crippen LogP contribution in [0.2, 0.25) is 5.02 Å². The first-order chi connectivity index (χ1) is 10.1. The molecule has 0 aliphatic rings. The number of benzene rings is 1. The minimum atomic E-state index is -0.286. The minimum absolute atomic E-state index is 0.213. The van der Waals surface area contributed by atoms with Crippen molar-refractivity contribution in [1.82, 2.24) is 15.1 Å². The summed E-state index contributed by atoms with van der Waals surface area (Å²) in [6.45, 7) is 2.73. The van der Waals surface area contributed by atoms with E-state index in [-0.39, 0.29) is 17.2 Å². The third-order valence-corrected chi connectivity index (χ3v) is 3.26. The molecule has 0 aliphatic carbocycles. The van der Waals surface area contributed by atoms with Crippen molar-refractivity contribution >= 4 is 17.5 Å². The fourth-order valence-electron chi connectivity index (χ4n) is 1.86. The summed E-state index contributed by atoms with van der Waals surface area (Å²) in [4.78, 5) is 23.4. The van der Waals surface area contributed by atoms with E-state index >= 15 is 0 Å². The molecule has 1 heterocycles. The van der Waals surface area contributed by atoms with Gasteiger partial charge in [0.1, 0.15) is 5.69 Å². The average molecular weight is 306 g/mol. The van der Waals surface area contributed by atoms with Crippen molar-refractivity contribution in [3.8, 4) is 0 Å². The van der Waals surface area contributed by atoms with Gasteiger partial charge in [-0.05, 0) is 37.1 Å². The van der Waals surface area contributed by atoms with Crippen LogP contribution in [0.4, 0.5) is 0 Å². The first kappa shape index (κ1) is 15.3. The number of halogens is 1. The van der Waals surface area contributed by atoms with Gasteiger partial charge < -0.3 is 5.32 Å². The number of nitrogens with zero attached hydrogens (tertiary/aromatic N) is 2. The molecule has 21 heavy (non-hydrogen) atoms. The molecule has 0 bridgehead atoms. The summed E-state index contributed by atoms with van der Waals surface area (Å²) in [6.07, 6.45) is 0.705. The molecule has 2 rings (SSSR count). The summed E-state index contributed by atoms with van der Waals surface area (Å²) in [5.41, 5.74) is 1.12. The smallest absolute Gasteiger partial charge is 0.271 e. The zero-order valence-electron chi connectivity index (χ0n) is 11.7. The molecule has 6 heteroatoms. The third kappa shape index (κ3) is 4.16. The van der Waals surface area contributed by atoms with Gasteiger partial charge in [0, 0.05) is 24.2 Å². The molecule has 0 fully saturated rings. The number of hydrogen-bond acceptors (Lipinski definition) is 3. The Hall–Kier alpha value is -2.14. The van der Waals surface area contributed by atoms with E-state index in [1.807, 2.05) is 24.3 Å². The van der Waals surface area contributed by atoms with E-state index in [9.17, 15) is 9.59 Å². The van der Waals surface area contributed by atoms with Crippen molar-refractivity contribution in [1.29, 1.82) is 0 Å². The lowest BCUT2D eigenvalue weighted by molar-refractivity contribution is 0.0946. The Morgan fingerprint density at radius 1 is 1.24 bits per heavy atom. The second-order valence-corrected chi connectivity index (χ2v) is 4.94. The quantitative estimate of drug-likeness (QED) is 0.917. The molecule has 0 aliphatic heterocycles. The Kier molecular flexibility index (Phi) is 5.11. The Morgan fingerprint density at radius 3 is 2.62 bits per heavy atom. The molecule has 1 amide bonds. The topological polar surface area (TPSA) is 64.0 Å². The van der Waals surface area contributed by atoms with Crippen LogP contribution in [-0.2, 0) is 13.0 Å². The summed E-state index contributed by atoms with van der Waals surface area (Å²) in [5.74, 6) is -0.286. The van der Waals surface area contributed by atoms with Gasteiger partial charge in [0.2, 0.25) is 0 Å². The van der Waals surface area contributed by atoms with E-state index in [1.54, 1.807) is 6.92 Å². The van der Waals surface area contributed by atoms with E-state index in [4.69, 9.17) is 11.6 Å². The van der Waals surface area contributed by atoms with Crippen LogP contribution >= 0.6 is 11.6 Å². The summed E-state index contributed by atoms with van der Waals surface area (Å²) >= 11 is 5.81. The van der Waals surface area contributed by atoms with Crippen LogP contribution in [0, 0.1) is 0 Å². The second-order valence-electron chi connectivity index (χ2n) is 4.50. The SMILES string of the molecule is CCn1nc(C(=O)NCCc2ccc(Cl)cc2)ccc1=O. The molecule has 0 unspecified atom stereocenters. The van der Waals surface area contributed by atoms with E-state index < -0.39 is 0 Å². The Morgan fingerprint density at radius 2 is 1.95 bits per heavy atom. The van der Waals surface area contributed by atoms with Gasteiger partial charge >= 0.3 is 0 Å². The van der Waals surface area contributed by atoms with Crippen molar-refractivity contribution in [2.45, 2.75) is 19.9 Å². The van der Waals surface area contributed by atoms with Crippen molar-refractivity contribution in [2.24, 2.45) is 0 Å². The maximum absolute atomic E-state index is 12.0. The highest BCUT2D eigenvalue weighted by molar-refractivity contribution is 6.30. The summed E-state index contributed by atoms with van der Waals surface area (Å²) in [7, 11) is 0. The highest BCUT2D eigenvalue weighted by atomic mass is 35.5. The monoisotopic (exact) mass is 305 g/mol. The van der Waals surface area contributed by atoms with Gasteiger partial charge in [-0.2, -0.15) is 5.10 Å². The van der Waals surface area contributed by atoms with Crippen LogP contribution in [0.5, 0.6) is 0 Å². The van der Waals surface area contributed by atoms with Crippen molar-refractivity contribution in [3.05, 3.63) is 63.0 Å². The van der Waals surface area contributed by atoms with E-state index in [1.165, 1.54) is 16.8 Å². The zero-order valence-corrected chi connectivity index (χ0v) is 12.4. The number of carbonyl (C=O) groups excluding carboxylic acids is 1. The first-order valence-electron chi connectivity index (χ1n) is 6.71. The molecular formula is C15H16ClN3O2. The third-order valence-electron chi connectivity index (χ3n) is 3.01. The molecule has 1 N–H and O–H groups in total. The van der Waals surface area contributed by atoms with Crippen LogP contribution in [0.25, 0.3) is 0 Å². The van der Waals surface area contributed by atoms with Gasteiger partial charge in [-0.15, -0.1) is 0 Å². The van der Waals surface area contributed by atoms with Gasteiger partial charge in [0.25, 0.3) is 11.5 Å². The predicted molar refractivity (Wildman–Crippen MR) is 81.7 cm³/mol. The van der Waals surface area contributed by atoms with Crippen LogP contribution < -0.4 is 10.9 Å². The van der Waals surface area contributed by atoms with Crippen LogP contribution in [-0.4, -0.2) is 22.2 Å². The number of rotatable bonds is 5. The number of hydrogen-bond donors (Lipinski definition) is 1. The minimum Gasteiger partial charge on any atom is -0.350 e. The maximum Gasteiger partial charge on any atom is 0.271 e. The van der Waals surface area contributed by atoms with Gasteiger partial charge in [0.05, 0.1) is 0 Å². The molecule has 110 valence electrons. The molecular weight excluding hydrogens is 290 g/mol. The Labute approximate surface area is 127 Å². The van der Waals surface area contributed by atoms with Gasteiger partial charge in [-0.25, -0.2) is 4.68 Å². The molecule has 0 spiro atoms. The first-order valence-corrected chi connectivity index (χ1v) is 7.08. The molecule has 0 atom stereocenters. The standard InChI is InChI=1S/C15H16ClN3O2/c1-2-19-14(20)8-7-13(18-19)15(21)17-10-9-11-3-5-12(16)6-4-11/h3-8H,2,9-10H2,1H3,(H,17,21). The molecule has 0 radical (unpaired) electrons. The number of aryl methyl sites for hydroxylation is 1. The lowest BCUT2D eigenvalue weighted by atomic mass is 10.1. The normalized spacial score (nSPS) is 10.4. The van der Waals surface area contributed by atoms with Crippen LogP contribution in [0.1, 0.15) is 23.0 Å². The lowest BCUT2D eigenvalue weighted by Crippen LogP contribution is -2.30. The zero-order chi connectivity index (χ0) is 15.2. The second kappa shape index (κ2) is 7.04. The van der Waals surface area contributed by atoms with Crippen molar-refractivity contribution in [3.63, 3.8) is 0 Å². The summed E-state index contributed by atoms with van der Waals surface area (Å²) in [5, 5.41) is 7.47. The molecule has 2 aromatic rings. The van der Waals surface area contributed by atoms with E-state index in [0.717, 1.165) is 5.56 Å². The van der Waals surface area contributed by atoms with E-state index in [0.29, 0.717) is 24.5 Å². The lowest BCUT2D eigenvalue weighted by Gasteiger charge is -2.06. The van der Waals surface area contributed by atoms with Crippen LogP contribution in [0.15, 0.2) is 41.2 Å². The van der Waals surface area contributed by atoms with Gasteiger partial charge in [0.15, 0.2) is 0 Å². The Balaban J connectivity index is 1.92. The van der Waals surface area contributed by atoms with Crippen molar-refractivity contribution in [2.75, 3.05) is 6.54 Å². The fraction of sp³-hybridized carbons (Fsp3) is 0.267. The average Bonchev–Trinajstić information content (AvgIpc) is 2.49. The maximum atomic E-state index is 12.0. The number of aromatic nitrogens is 2. The summed E-state index contributed by atoms with van der Waals surface area (Å²) < 4.78 is 1.26. The molecule has 5 nitrogen and oxygen atoms in total. The number of amides is 1. The number of nitrogens with one attached hydrogen (secondary N) is 1. The Bertz CT molecular complexity index is 680. The molecule has 0 saturated heterocycles. The molecule has 1 aromatic heterocycles. The largest absolute Gasteiger partial charge is 0.350 e. The fourth-order valence-corrected chi connectivity index (χ4v) is 1.98. The highest BCUT2D eigenvalue weighted by Crippen LogP contribution is 2.09. The summed E-state index contributed by atoms with van der Waals surface area (Å²) in [6, 6.07) is 10.3. The van der Waals surface area contributed by atoms with Gasteiger partial charge in [-0.1, -0.05) is 23.7 Å². The predicted octanol–water partition coefficient (Wildman–Crippen LogP) is 1.89. The highest BCUT2D eigenvalue weighted by Gasteiger charge is 2.08. The van der Waals surface area contributed by atoms with E-state index in [2.05, 4.69) is 10.4 Å². The molecule has 1 aromatic carbocycles. The van der Waals surface area contributed by atoms with Crippen LogP contribution in [0.3, 0.4) is 0 Å².